The van der Waals surface area contributed by atoms with E-state index < -0.39 is 0 Å². The lowest BCUT2D eigenvalue weighted by Gasteiger charge is -2.35. The molecule has 0 aromatic heterocycles. The highest BCUT2D eigenvalue weighted by Gasteiger charge is 2.23. The number of benzene rings is 1. The summed E-state index contributed by atoms with van der Waals surface area (Å²) in [5, 5.41) is 0. The van der Waals surface area contributed by atoms with Crippen LogP contribution in [-0.4, -0.2) is 31.6 Å². The van der Waals surface area contributed by atoms with E-state index in [-0.39, 0.29) is 5.82 Å². The van der Waals surface area contributed by atoms with Gasteiger partial charge in [0.15, 0.2) is 11.6 Å². The standard InChI is InChI=1S/C12H16FNO/c1-9-3-4-11(13)12(5-9)15-8-10-6-14(2)7-10/h3-5,10H,6-8H2,1-2H3. The van der Waals surface area contributed by atoms with Gasteiger partial charge in [-0.05, 0) is 31.7 Å². The van der Waals surface area contributed by atoms with Crippen LogP contribution in [0.3, 0.4) is 0 Å². The van der Waals surface area contributed by atoms with Crippen LogP contribution in [0, 0.1) is 18.7 Å². The summed E-state index contributed by atoms with van der Waals surface area (Å²) in [6.45, 7) is 4.65. The van der Waals surface area contributed by atoms with Crippen molar-refractivity contribution >= 4 is 0 Å². The second-order valence-corrected chi connectivity index (χ2v) is 4.33. The van der Waals surface area contributed by atoms with Crippen LogP contribution in [0.1, 0.15) is 5.56 Å². The van der Waals surface area contributed by atoms with Crippen LogP contribution in [0.25, 0.3) is 0 Å². The molecule has 0 N–H and O–H groups in total. The first-order valence-corrected chi connectivity index (χ1v) is 5.22. The fourth-order valence-corrected chi connectivity index (χ4v) is 1.86. The molecule has 1 fully saturated rings. The smallest absolute Gasteiger partial charge is 0.165 e. The predicted molar refractivity (Wildman–Crippen MR) is 57.6 cm³/mol. The molecule has 82 valence electrons. The van der Waals surface area contributed by atoms with Gasteiger partial charge in [-0.15, -0.1) is 0 Å². The zero-order valence-corrected chi connectivity index (χ0v) is 9.16. The quantitative estimate of drug-likeness (QED) is 0.755. The predicted octanol–water partition coefficient (Wildman–Crippen LogP) is 2.07. The first kappa shape index (κ1) is 10.4. The Bertz CT molecular complexity index is 347. The maximum absolute atomic E-state index is 13.3. The highest BCUT2D eigenvalue weighted by atomic mass is 19.1. The number of nitrogens with zero attached hydrogens (tertiary/aromatic N) is 1. The summed E-state index contributed by atoms with van der Waals surface area (Å²) in [5.74, 6) is 0.660. The number of likely N-dealkylation sites (tertiary alicyclic amines) is 1. The minimum Gasteiger partial charge on any atom is -0.490 e. The van der Waals surface area contributed by atoms with Crippen molar-refractivity contribution in [3.05, 3.63) is 29.6 Å². The summed E-state index contributed by atoms with van der Waals surface area (Å²) in [5.41, 5.74) is 1.03. The Morgan fingerprint density at radius 3 is 2.87 bits per heavy atom. The van der Waals surface area contributed by atoms with E-state index in [9.17, 15) is 4.39 Å². The van der Waals surface area contributed by atoms with Crippen molar-refractivity contribution < 1.29 is 9.13 Å². The molecule has 0 amide bonds. The van der Waals surface area contributed by atoms with Crippen molar-refractivity contribution in [2.24, 2.45) is 5.92 Å². The summed E-state index contributed by atoms with van der Waals surface area (Å²) < 4.78 is 18.8. The van der Waals surface area contributed by atoms with Gasteiger partial charge >= 0.3 is 0 Å². The fourth-order valence-electron chi connectivity index (χ4n) is 1.86. The molecule has 1 aliphatic rings. The Balaban J connectivity index is 1.90. The third-order valence-corrected chi connectivity index (χ3v) is 2.70. The third kappa shape index (κ3) is 2.48. The van der Waals surface area contributed by atoms with Crippen LogP contribution in [0.4, 0.5) is 4.39 Å². The monoisotopic (exact) mass is 209 g/mol. The Morgan fingerprint density at radius 2 is 2.20 bits per heavy atom. The molecular weight excluding hydrogens is 193 g/mol. The summed E-state index contributed by atoms with van der Waals surface area (Å²) in [6, 6.07) is 4.95. The van der Waals surface area contributed by atoms with E-state index in [4.69, 9.17) is 4.74 Å². The van der Waals surface area contributed by atoms with Gasteiger partial charge < -0.3 is 9.64 Å². The Labute approximate surface area is 89.7 Å². The number of hydrogen-bond donors (Lipinski definition) is 0. The van der Waals surface area contributed by atoms with Crippen molar-refractivity contribution in [1.29, 1.82) is 0 Å². The Hall–Kier alpha value is -1.09. The molecule has 1 aromatic carbocycles. The summed E-state index contributed by atoms with van der Waals surface area (Å²) in [7, 11) is 2.07. The Kier molecular flexibility index (Phi) is 2.91. The maximum Gasteiger partial charge on any atom is 0.165 e. The SMILES string of the molecule is Cc1ccc(F)c(OCC2CN(C)C2)c1. The topological polar surface area (TPSA) is 12.5 Å². The number of hydrogen-bond acceptors (Lipinski definition) is 2. The normalized spacial score (nSPS) is 17.5. The average Bonchev–Trinajstić information content (AvgIpc) is 2.16. The minimum absolute atomic E-state index is 0.270. The van der Waals surface area contributed by atoms with Gasteiger partial charge in [-0.1, -0.05) is 6.07 Å². The van der Waals surface area contributed by atoms with Crippen molar-refractivity contribution in [2.45, 2.75) is 6.92 Å². The van der Waals surface area contributed by atoms with E-state index in [0.717, 1.165) is 18.7 Å². The van der Waals surface area contributed by atoms with Gasteiger partial charge in [0, 0.05) is 19.0 Å². The van der Waals surface area contributed by atoms with E-state index in [1.807, 2.05) is 6.92 Å². The van der Waals surface area contributed by atoms with Gasteiger partial charge in [-0.25, -0.2) is 4.39 Å². The highest BCUT2D eigenvalue weighted by Crippen LogP contribution is 2.20. The molecule has 0 bridgehead atoms. The van der Waals surface area contributed by atoms with Gasteiger partial charge in [0.25, 0.3) is 0 Å². The van der Waals surface area contributed by atoms with Crippen LogP contribution < -0.4 is 4.74 Å². The van der Waals surface area contributed by atoms with Gasteiger partial charge in [0.1, 0.15) is 0 Å². The number of ether oxygens (including phenoxy) is 1. The van der Waals surface area contributed by atoms with Crippen LogP contribution in [0.2, 0.25) is 0 Å². The van der Waals surface area contributed by atoms with E-state index in [2.05, 4.69) is 11.9 Å². The zero-order chi connectivity index (χ0) is 10.8. The van der Waals surface area contributed by atoms with Crippen molar-refractivity contribution in [3.63, 3.8) is 0 Å². The van der Waals surface area contributed by atoms with Crippen LogP contribution >= 0.6 is 0 Å². The number of aryl methyl sites for hydroxylation is 1. The summed E-state index contributed by atoms with van der Waals surface area (Å²) in [6.07, 6.45) is 0. The molecule has 3 heteroatoms. The lowest BCUT2D eigenvalue weighted by molar-refractivity contribution is 0.0840. The van der Waals surface area contributed by atoms with Crippen molar-refractivity contribution in [3.8, 4) is 5.75 Å². The van der Waals surface area contributed by atoms with Gasteiger partial charge in [0.05, 0.1) is 6.61 Å². The van der Waals surface area contributed by atoms with Crippen molar-refractivity contribution in [1.82, 2.24) is 4.90 Å². The first-order valence-electron chi connectivity index (χ1n) is 5.22. The van der Waals surface area contributed by atoms with Crippen LogP contribution in [-0.2, 0) is 0 Å². The number of halogens is 1. The molecule has 2 nitrogen and oxygen atoms in total. The lowest BCUT2D eigenvalue weighted by atomic mass is 10.0. The molecule has 1 aliphatic heterocycles. The highest BCUT2D eigenvalue weighted by molar-refractivity contribution is 5.29. The first-order chi connectivity index (χ1) is 7.15. The summed E-state index contributed by atoms with van der Waals surface area (Å²) >= 11 is 0. The van der Waals surface area contributed by atoms with Crippen molar-refractivity contribution in [2.75, 3.05) is 26.7 Å². The molecule has 0 unspecified atom stereocenters. The van der Waals surface area contributed by atoms with Crippen LogP contribution in [0.5, 0.6) is 5.75 Å². The third-order valence-electron chi connectivity index (χ3n) is 2.70. The zero-order valence-electron chi connectivity index (χ0n) is 9.16. The molecule has 1 saturated heterocycles. The largest absolute Gasteiger partial charge is 0.490 e. The molecule has 0 radical (unpaired) electrons. The number of rotatable bonds is 3. The Morgan fingerprint density at radius 1 is 1.47 bits per heavy atom. The molecule has 15 heavy (non-hydrogen) atoms. The molecule has 2 rings (SSSR count). The molecule has 0 aliphatic carbocycles. The van der Waals surface area contributed by atoms with E-state index in [1.54, 1.807) is 12.1 Å². The second kappa shape index (κ2) is 4.19. The van der Waals surface area contributed by atoms with E-state index in [1.165, 1.54) is 6.07 Å². The molecule has 0 spiro atoms. The minimum atomic E-state index is -0.270. The molecule has 1 aromatic rings. The van der Waals surface area contributed by atoms with Crippen LogP contribution in [0.15, 0.2) is 18.2 Å². The molecule has 0 saturated carbocycles. The van der Waals surface area contributed by atoms with Gasteiger partial charge in [-0.3, -0.25) is 0 Å². The maximum atomic E-state index is 13.3. The lowest BCUT2D eigenvalue weighted by Crippen LogP contribution is -2.46. The molecular formula is C12H16FNO. The van der Waals surface area contributed by atoms with Gasteiger partial charge in [0.2, 0.25) is 0 Å². The molecule has 0 atom stereocenters. The summed E-state index contributed by atoms with van der Waals surface area (Å²) in [4.78, 5) is 2.22. The van der Waals surface area contributed by atoms with E-state index in [0.29, 0.717) is 18.3 Å². The van der Waals surface area contributed by atoms with Gasteiger partial charge in [-0.2, -0.15) is 0 Å². The average molecular weight is 209 g/mol. The fraction of sp³-hybridized carbons (Fsp3) is 0.500. The second-order valence-electron chi connectivity index (χ2n) is 4.33. The van der Waals surface area contributed by atoms with E-state index >= 15 is 0 Å². The molecule has 1 heterocycles.